The maximum Gasteiger partial charge on any atom is 0.254 e. The van der Waals surface area contributed by atoms with Crippen LogP contribution in [0.1, 0.15) is 26.4 Å². The number of ether oxygens (including phenoxy) is 3. The van der Waals surface area contributed by atoms with Crippen LogP contribution in [0.5, 0.6) is 17.2 Å². The van der Waals surface area contributed by atoms with E-state index in [0.717, 1.165) is 16.0 Å². The third-order valence-corrected chi connectivity index (χ3v) is 7.08. The van der Waals surface area contributed by atoms with Gasteiger partial charge in [0.2, 0.25) is 5.91 Å². The molecule has 0 fully saturated rings. The Kier molecular flexibility index (Phi) is 10.1. The minimum absolute atomic E-state index is 0.0484. The number of amides is 2. The van der Waals surface area contributed by atoms with E-state index < -0.39 is 0 Å². The van der Waals surface area contributed by atoms with Gasteiger partial charge in [0.05, 0.1) is 27.9 Å². The van der Waals surface area contributed by atoms with Crippen molar-refractivity contribution in [3.8, 4) is 17.2 Å². The van der Waals surface area contributed by atoms with Gasteiger partial charge in [-0.3, -0.25) is 9.59 Å². The van der Waals surface area contributed by atoms with Gasteiger partial charge in [-0.1, -0.05) is 12.1 Å². The van der Waals surface area contributed by atoms with Crippen LogP contribution in [-0.4, -0.2) is 62.6 Å². The summed E-state index contributed by atoms with van der Waals surface area (Å²) in [6.07, 6.45) is 2.26. The zero-order valence-corrected chi connectivity index (χ0v) is 22.7. The van der Waals surface area contributed by atoms with Crippen molar-refractivity contribution >= 4 is 23.2 Å². The van der Waals surface area contributed by atoms with Gasteiger partial charge in [0.25, 0.3) is 5.91 Å². The Hall–Kier alpha value is -3.78. The minimum atomic E-state index is -0.233. The Morgan fingerprint density at radius 3 is 2.27 bits per heavy atom. The van der Waals surface area contributed by atoms with E-state index in [1.807, 2.05) is 41.5 Å². The van der Waals surface area contributed by atoms with Crippen molar-refractivity contribution in [3.05, 3.63) is 88.1 Å². The van der Waals surface area contributed by atoms with Crippen LogP contribution in [0.4, 0.5) is 0 Å². The van der Waals surface area contributed by atoms with Crippen LogP contribution in [-0.2, 0) is 17.8 Å². The smallest absolute Gasteiger partial charge is 0.254 e. The fraction of sp³-hybridized carbons (Fsp3) is 0.310. The van der Waals surface area contributed by atoms with Gasteiger partial charge in [0, 0.05) is 23.5 Å². The molecule has 0 spiro atoms. The van der Waals surface area contributed by atoms with E-state index in [9.17, 15) is 9.59 Å². The van der Waals surface area contributed by atoms with Gasteiger partial charge in [-0.15, -0.1) is 17.9 Å². The first-order valence-corrected chi connectivity index (χ1v) is 12.8. The molecule has 196 valence electrons. The van der Waals surface area contributed by atoms with Crippen LogP contribution in [0.15, 0.2) is 66.6 Å². The van der Waals surface area contributed by atoms with Crippen molar-refractivity contribution in [1.29, 1.82) is 0 Å². The van der Waals surface area contributed by atoms with Crippen molar-refractivity contribution < 1.29 is 23.8 Å². The van der Waals surface area contributed by atoms with Gasteiger partial charge in [-0.05, 0) is 72.3 Å². The number of methoxy groups -OCH3 is 3. The lowest BCUT2D eigenvalue weighted by Gasteiger charge is -2.27. The Morgan fingerprint density at radius 2 is 1.68 bits per heavy atom. The number of benzene rings is 2. The fourth-order valence-electron chi connectivity index (χ4n) is 3.89. The van der Waals surface area contributed by atoms with Crippen LogP contribution >= 0.6 is 11.3 Å². The fourth-order valence-corrected chi connectivity index (χ4v) is 4.81. The highest BCUT2D eigenvalue weighted by Gasteiger charge is 2.23. The third kappa shape index (κ3) is 7.36. The molecule has 0 saturated heterocycles. The van der Waals surface area contributed by atoms with E-state index in [-0.39, 0.29) is 24.9 Å². The van der Waals surface area contributed by atoms with Crippen molar-refractivity contribution in [3.63, 3.8) is 0 Å². The number of thiophene rings is 1. The van der Waals surface area contributed by atoms with E-state index in [1.54, 1.807) is 63.0 Å². The number of rotatable bonds is 13. The molecule has 0 aliphatic rings. The largest absolute Gasteiger partial charge is 0.497 e. The Labute approximate surface area is 222 Å². The second kappa shape index (κ2) is 13.5. The summed E-state index contributed by atoms with van der Waals surface area (Å²) in [4.78, 5) is 31.3. The number of hydrogen-bond acceptors (Lipinski definition) is 6. The molecule has 0 aliphatic carbocycles. The molecule has 0 radical (unpaired) electrons. The molecule has 0 atom stereocenters. The molecule has 8 heteroatoms. The summed E-state index contributed by atoms with van der Waals surface area (Å²) in [6.45, 7) is 7.00. The molecule has 7 nitrogen and oxygen atoms in total. The summed E-state index contributed by atoms with van der Waals surface area (Å²) in [6, 6.07) is 14.7. The standard InChI is InChI=1S/C29H34N2O5S/c1-6-15-31(29(33)23-8-10-24(34-3)11-9-23)20-28(32)30(19-27-21(2)14-17-37-27)16-13-22-7-12-25(35-4)26(18-22)36-5/h6-12,14,17-18H,1,13,15-16,19-20H2,2-5H3. The molecule has 2 amide bonds. The average Bonchev–Trinajstić information content (AvgIpc) is 3.33. The topological polar surface area (TPSA) is 68.3 Å². The highest BCUT2D eigenvalue weighted by Crippen LogP contribution is 2.28. The lowest BCUT2D eigenvalue weighted by atomic mass is 10.1. The summed E-state index contributed by atoms with van der Waals surface area (Å²) in [5.74, 6) is 1.61. The Bertz CT molecular complexity index is 1210. The van der Waals surface area contributed by atoms with Gasteiger partial charge in [0.15, 0.2) is 11.5 Å². The molecular weight excluding hydrogens is 488 g/mol. The van der Waals surface area contributed by atoms with Gasteiger partial charge < -0.3 is 24.0 Å². The first-order valence-electron chi connectivity index (χ1n) is 12.0. The maximum absolute atomic E-state index is 13.6. The molecule has 3 rings (SSSR count). The summed E-state index contributed by atoms with van der Waals surface area (Å²) >= 11 is 1.62. The predicted molar refractivity (Wildman–Crippen MR) is 147 cm³/mol. The maximum atomic E-state index is 13.6. The third-order valence-electron chi connectivity index (χ3n) is 6.07. The quantitative estimate of drug-likeness (QED) is 0.296. The van der Waals surface area contributed by atoms with Crippen molar-refractivity contribution in [2.75, 3.05) is 41.0 Å². The lowest BCUT2D eigenvalue weighted by molar-refractivity contribution is -0.132. The molecule has 1 aromatic heterocycles. The summed E-state index contributed by atoms with van der Waals surface area (Å²) in [5, 5.41) is 2.03. The Balaban J connectivity index is 1.78. The summed E-state index contributed by atoms with van der Waals surface area (Å²) in [5.41, 5.74) is 2.66. The zero-order chi connectivity index (χ0) is 26.8. The van der Waals surface area contributed by atoms with Crippen LogP contribution in [0, 0.1) is 6.92 Å². The van der Waals surface area contributed by atoms with Gasteiger partial charge in [-0.2, -0.15) is 0 Å². The van der Waals surface area contributed by atoms with E-state index in [0.29, 0.717) is 42.3 Å². The van der Waals surface area contributed by atoms with Crippen LogP contribution < -0.4 is 14.2 Å². The van der Waals surface area contributed by atoms with Gasteiger partial charge in [0.1, 0.15) is 12.3 Å². The number of nitrogens with zero attached hydrogens (tertiary/aromatic N) is 2. The molecule has 0 saturated carbocycles. The van der Waals surface area contributed by atoms with Crippen molar-refractivity contribution in [2.24, 2.45) is 0 Å². The lowest BCUT2D eigenvalue weighted by Crippen LogP contribution is -2.43. The van der Waals surface area contributed by atoms with E-state index in [4.69, 9.17) is 14.2 Å². The number of hydrogen-bond donors (Lipinski definition) is 0. The zero-order valence-electron chi connectivity index (χ0n) is 21.9. The van der Waals surface area contributed by atoms with E-state index in [2.05, 4.69) is 6.58 Å². The molecule has 3 aromatic rings. The second-order valence-corrected chi connectivity index (χ2v) is 9.48. The highest BCUT2D eigenvalue weighted by atomic mass is 32.1. The normalized spacial score (nSPS) is 10.5. The van der Waals surface area contributed by atoms with Crippen LogP contribution in [0.2, 0.25) is 0 Å². The van der Waals surface area contributed by atoms with Crippen molar-refractivity contribution in [2.45, 2.75) is 19.9 Å². The van der Waals surface area contributed by atoms with E-state index in [1.165, 1.54) is 4.90 Å². The van der Waals surface area contributed by atoms with Gasteiger partial charge in [-0.25, -0.2) is 0 Å². The first-order chi connectivity index (χ1) is 17.9. The molecule has 37 heavy (non-hydrogen) atoms. The number of carbonyl (C=O) groups excluding carboxylic acids is 2. The first kappa shape index (κ1) is 27.8. The van der Waals surface area contributed by atoms with Crippen LogP contribution in [0.25, 0.3) is 0 Å². The molecule has 1 heterocycles. The Morgan fingerprint density at radius 1 is 0.946 bits per heavy atom. The predicted octanol–water partition coefficient (Wildman–Crippen LogP) is 4.98. The number of aryl methyl sites for hydroxylation is 1. The molecule has 2 aromatic carbocycles. The molecule has 0 bridgehead atoms. The van der Waals surface area contributed by atoms with Gasteiger partial charge >= 0.3 is 0 Å². The molecule has 0 aliphatic heterocycles. The highest BCUT2D eigenvalue weighted by molar-refractivity contribution is 7.10. The summed E-state index contributed by atoms with van der Waals surface area (Å²) < 4.78 is 16.0. The average molecular weight is 523 g/mol. The molecule has 0 unspecified atom stereocenters. The summed E-state index contributed by atoms with van der Waals surface area (Å²) in [7, 11) is 4.78. The minimum Gasteiger partial charge on any atom is -0.497 e. The van der Waals surface area contributed by atoms with Crippen molar-refractivity contribution in [1.82, 2.24) is 9.80 Å². The second-order valence-electron chi connectivity index (χ2n) is 8.48. The monoisotopic (exact) mass is 522 g/mol. The van der Waals surface area contributed by atoms with E-state index >= 15 is 0 Å². The number of carbonyl (C=O) groups is 2. The molecule has 0 N–H and O–H groups in total. The SMILES string of the molecule is C=CCN(CC(=O)N(CCc1ccc(OC)c(OC)c1)Cc1sccc1C)C(=O)c1ccc(OC)cc1. The molecular formula is C29H34N2O5S. The van der Waals surface area contributed by atoms with Crippen LogP contribution in [0.3, 0.4) is 0 Å².